The van der Waals surface area contributed by atoms with E-state index >= 15 is 0 Å². The average molecular weight is 339 g/mol. The molecule has 1 N–H and O–H groups in total. The molecule has 6 heteroatoms. The smallest absolute Gasteiger partial charge is 0.222 e. The molecular weight excluding hydrogens is 321 g/mol. The van der Waals surface area contributed by atoms with Gasteiger partial charge in [-0.1, -0.05) is 24.3 Å². The number of para-hydroxylation sites is 1. The van der Waals surface area contributed by atoms with Crippen molar-refractivity contribution in [1.29, 1.82) is 0 Å². The number of hydrogen-bond acceptors (Lipinski definition) is 3. The summed E-state index contributed by atoms with van der Waals surface area (Å²) in [4.78, 5) is 24.0. The highest BCUT2D eigenvalue weighted by Crippen LogP contribution is 2.13. The summed E-state index contributed by atoms with van der Waals surface area (Å²) >= 11 is 0. The van der Waals surface area contributed by atoms with E-state index in [-0.39, 0.29) is 29.6 Å². The molecule has 0 saturated carbocycles. The second-order valence-electron chi connectivity index (χ2n) is 5.84. The van der Waals surface area contributed by atoms with Gasteiger partial charge in [0, 0.05) is 11.8 Å². The van der Waals surface area contributed by atoms with Crippen molar-refractivity contribution < 1.29 is 9.18 Å². The summed E-state index contributed by atoms with van der Waals surface area (Å²) in [6.45, 7) is 2.21. The first kappa shape index (κ1) is 16.8. The lowest BCUT2D eigenvalue weighted by Gasteiger charge is -2.15. The molecule has 1 heterocycles. The molecule has 0 aliphatic heterocycles. The zero-order valence-corrected chi connectivity index (χ0v) is 13.8. The maximum Gasteiger partial charge on any atom is 0.222 e. The van der Waals surface area contributed by atoms with Crippen molar-refractivity contribution in [1.82, 2.24) is 15.1 Å². The topological polar surface area (TPSA) is 64.0 Å². The molecule has 1 amide bonds. The zero-order chi connectivity index (χ0) is 17.8. The van der Waals surface area contributed by atoms with Gasteiger partial charge < -0.3 is 5.32 Å². The number of nitrogens with one attached hydrogen (secondary N) is 1. The maximum absolute atomic E-state index is 13.0. The Morgan fingerprint density at radius 2 is 1.92 bits per heavy atom. The van der Waals surface area contributed by atoms with Gasteiger partial charge in [0.15, 0.2) is 0 Å². The van der Waals surface area contributed by atoms with Crippen LogP contribution in [-0.2, 0) is 11.3 Å². The molecule has 128 valence electrons. The van der Waals surface area contributed by atoms with Crippen molar-refractivity contribution in [3.63, 3.8) is 0 Å². The minimum absolute atomic E-state index is 0.138. The van der Waals surface area contributed by atoms with Crippen LogP contribution < -0.4 is 10.7 Å². The molecule has 0 aliphatic rings. The van der Waals surface area contributed by atoms with Crippen molar-refractivity contribution in [2.75, 3.05) is 0 Å². The first-order valence-corrected chi connectivity index (χ1v) is 8.04. The van der Waals surface area contributed by atoms with Crippen LogP contribution in [0, 0.1) is 5.82 Å². The van der Waals surface area contributed by atoms with Crippen LogP contribution in [0.25, 0.3) is 10.9 Å². The summed E-state index contributed by atoms with van der Waals surface area (Å²) < 4.78 is 14.6. The van der Waals surface area contributed by atoms with Gasteiger partial charge >= 0.3 is 0 Å². The third-order valence-corrected chi connectivity index (χ3v) is 4.06. The quantitative estimate of drug-likeness (QED) is 0.777. The monoisotopic (exact) mass is 339 g/mol. The molecule has 0 aliphatic carbocycles. The van der Waals surface area contributed by atoms with Crippen LogP contribution in [0.15, 0.2) is 59.5 Å². The lowest BCUT2D eigenvalue weighted by Crippen LogP contribution is -2.28. The van der Waals surface area contributed by atoms with Crippen molar-refractivity contribution in [2.45, 2.75) is 25.9 Å². The number of fused-ring (bicyclic) bond motifs is 1. The van der Waals surface area contributed by atoms with Crippen LogP contribution in [0.4, 0.5) is 4.39 Å². The standard InChI is InChI=1S/C19H18FN3O2/c1-13(14-6-8-15(20)9-7-14)22-19(25)10-11-23-17-5-3-2-4-16(17)18(24)12-21-23/h2-9,12-13H,10-11H2,1H3,(H,22,25). The van der Waals surface area contributed by atoms with E-state index in [1.54, 1.807) is 28.9 Å². The van der Waals surface area contributed by atoms with E-state index in [0.29, 0.717) is 17.4 Å². The van der Waals surface area contributed by atoms with Gasteiger partial charge in [-0.05, 0) is 36.8 Å². The van der Waals surface area contributed by atoms with Crippen molar-refractivity contribution in [3.05, 3.63) is 76.3 Å². The van der Waals surface area contributed by atoms with Crippen molar-refractivity contribution >= 4 is 16.8 Å². The van der Waals surface area contributed by atoms with E-state index in [4.69, 9.17) is 0 Å². The third-order valence-electron chi connectivity index (χ3n) is 4.06. The Labute approximate surface area is 144 Å². The summed E-state index contributed by atoms with van der Waals surface area (Å²) in [6.07, 6.45) is 1.49. The predicted molar refractivity (Wildman–Crippen MR) is 93.6 cm³/mol. The molecule has 0 saturated heterocycles. The molecule has 0 fully saturated rings. The Bertz CT molecular complexity index is 951. The largest absolute Gasteiger partial charge is 0.350 e. The summed E-state index contributed by atoms with van der Waals surface area (Å²) in [5.41, 5.74) is 1.40. The van der Waals surface area contributed by atoms with Crippen molar-refractivity contribution in [2.24, 2.45) is 0 Å². The predicted octanol–water partition coefficient (Wildman–Crippen LogP) is 2.80. The second-order valence-corrected chi connectivity index (χ2v) is 5.84. The van der Waals surface area contributed by atoms with Crippen LogP contribution in [0.3, 0.4) is 0 Å². The van der Waals surface area contributed by atoms with E-state index in [0.717, 1.165) is 5.56 Å². The molecule has 1 aromatic heterocycles. The minimum Gasteiger partial charge on any atom is -0.350 e. The van der Waals surface area contributed by atoms with Gasteiger partial charge in [-0.2, -0.15) is 5.10 Å². The first-order chi connectivity index (χ1) is 12.0. The summed E-state index contributed by atoms with van der Waals surface area (Å²) in [5, 5.41) is 7.57. The van der Waals surface area contributed by atoms with E-state index in [2.05, 4.69) is 10.4 Å². The molecule has 3 aromatic rings. The number of aromatic nitrogens is 2. The number of amides is 1. The Morgan fingerprint density at radius 1 is 1.20 bits per heavy atom. The first-order valence-electron chi connectivity index (χ1n) is 8.04. The highest BCUT2D eigenvalue weighted by Gasteiger charge is 2.11. The van der Waals surface area contributed by atoms with E-state index in [1.807, 2.05) is 19.1 Å². The number of nitrogens with zero attached hydrogens (tertiary/aromatic N) is 2. The highest BCUT2D eigenvalue weighted by atomic mass is 19.1. The molecule has 0 radical (unpaired) electrons. The number of hydrogen-bond donors (Lipinski definition) is 1. The lowest BCUT2D eigenvalue weighted by molar-refractivity contribution is -0.122. The van der Waals surface area contributed by atoms with Gasteiger partial charge in [0.1, 0.15) is 5.82 Å². The normalized spacial score (nSPS) is 12.1. The van der Waals surface area contributed by atoms with Gasteiger partial charge in [-0.3, -0.25) is 14.3 Å². The van der Waals surface area contributed by atoms with E-state index in [9.17, 15) is 14.0 Å². The van der Waals surface area contributed by atoms with E-state index < -0.39 is 0 Å². The molecule has 2 aromatic carbocycles. The van der Waals surface area contributed by atoms with Gasteiger partial charge in [-0.25, -0.2) is 4.39 Å². The molecule has 25 heavy (non-hydrogen) atoms. The third kappa shape index (κ3) is 3.91. The average Bonchev–Trinajstić information content (AvgIpc) is 2.62. The number of aryl methyl sites for hydroxylation is 1. The number of rotatable bonds is 5. The molecule has 0 spiro atoms. The number of halogens is 1. The van der Waals surface area contributed by atoms with Gasteiger partial charge in [-0.15, -0.1) is 0 Å². The van der Waals surface area contributed by atoms with Crippen LogP contribution in [0.2, 0.25) is 0 Å². The van der Waals surface area contributed by atoms with Gasteiger partial charge in [0.05, 0.1) is 24.3 Å². The SMILES string of the molecule is CC(NC(=O)CCn1ncc(=O)c2ccccc21)c1ccc(F)cc1. The molecule has 3 rings (SSSR count). The van der Waals surface area contributed by atoms with Crippen molar-refractivity contribution in [3.8, 4) is 0 Å². The molecular formula is C19H18FN3O2. The zero-order valence-electron chi connectivity index (χ0n) is 13.8. The van der Waals surface area contributed by atoms with Crippen LogP contribution in [-0.4, -0.2) is 15.7 Å². The molecule has 0 bridgehead atoms. The minimum atomic E-state index is -0.307. The lowest BCUT2D eigenvalue weighted by atomic mass is 10.1. The van der Waals surface area contributed by atoms with Crippen LogP contribution in [0.1, 0.15) is 24.9 Å². The highest BCUT2D eigenvalue weighted by molar-refractivity contribution is 5.79. The van der Waals surface area contributed by atoms with Gasteiger partial charge in [0.25, 0.3) is 0 Å². The summed E-state index contributed by atoms with van der Waals surface area (Å²) in [7, 11) is 0. The Hall–Kier alpha value is -3.02. The Balaban J connectivity index is 1.66. The molecule has 1 atom stereocenters. The number of carbonyl (C=O) groups excluding carboxylic acids is 1. The van der Waals surface area contributed by atoms with Gasteiger partial charge in [0.2, 0.25) is 11.3 Å². The molecule has 5 nitrogen and oxygen atoms in total. The van der Waals surface area contributed by atoms with E-state index in [1.165, 1.54) is 18.3 Å². The summed E-state index contributed by atoms with van der Waals surface area (Å²) in [6, 6.07) is 13.0. The van der Waals surface area contributed by atoms with Crippen LogP contribution >= 0.6 is 0 Å². The summed E-state index contributed by atoms with van der Waals surface area (Å²) in [5.74, 6) is -0.445. The second kappa shape index (κ2) is 7.25. The van der Waals surface area contributed by atoms with Crippen LogP contribution in [0.5, 0.6) is 0 Å². The fourth-order valence-electron chi connectivity index (χ4n) is 2.70. The molecule has 1 unspecified atom stereocenters. The fraction of sp³-hybridized carbons (Fsp3) is 0.211. The fourth-order valence-corrected chi connectivity index (χ4v) is 2.70. The Morgan fingerprint density at radius 3 is 2.68 bits per heavy atom. The Kier molecular flexibility index (Phi) is 4.88. The number of carbonyl (C=O) groups is 1. The number of benzene rings is 2. The maximum atomic E-state index is 13.0.